The lowest BCUT2D eigenvalue weighted by atomic mass is 10.1. The number of nitrogens with zero attached hydrogens (tertiary/aromatic N) is 1. The topological polar surface area (TPSA) is 92.8 Å². The van der Waals surface area contributed by atoms with E-state index in [1.54, 1.807) is 48.5 Å². The first-order chi connectivity index (χ1) is 15.5. The third-order valence-corrected chi connectivity index (χ3v) is 5.11. The molecule has 1 aliphatic rings. The number of hydrogen-bond donors (Lipinski definition) is 1. The SMILES string of the molecule is CCc1ccc(NC(=O)COC(=O)c2cccc(N3C(=O)c4ccccc4C3=O)c2)cc1. The van der Waals surface area contributed by atoms with Gasteiger partial charge in [-0.25, -0.2) is 9.69 Å². The summed E-state index contributed by atoms with van der Waals surface area (Å²) >= 11 is 0. The van der Waals surface area contributed by atoms with Gasteiger partial charge >= 0.3 is 5.97 Å². The molecular weight excluding hydrogens is 408 g/mol. The van der Waals surface area contributed by atoms with E-state index in [1.165, 1.54) is 12.1 Å². The summed E-state index contributed by atoms with van der Waals surface area (Å²) < 4.78 is 5.10. The highest BCUT2D eigenvalue weighted by Crippen LogP contribution is 2.28. The molecule has 0 bridgehead atoms. The van der Waals surface area contributed by atoms with Crippen LogP contribution in [0.15, 0.2) is 72.8 Å². The van der Waals surface area contributed by atoms with Crippen LogP contribution in [0.4, 0.5) is 11.4 Å². The molecule has 0 saturated heterocycles. The first kappa shape index (κ1) is 21.0. The third-order valence-electron chi connectivity index (χ3n) is 5.11. The normalized spacial score (nSPS) is 12.5. The van der Waals surface area contributed by atoms with Gasteiger partial charge in [0, 0.05) is 5.69 Å². The number of hydrogen-bond acceptors (Lipinski definition) is 5. The molecular formula is C25H20N2O5. The van der Waals surface area contributed by atoms with Crippen LogP contribution in [0.1, 0.15) is 43.6 Å². The second kappa shape index (κ2) is 8.85. The van der Waals surface area contributed by atoms with E-state index in [0.29, 0.717) is 16.8 Å². The standard InChI is InChI=1S/C25H20N2O5/c1-2-16-10-12-18(13-11-16)26-22(28)15-32-25(31)17-6-5-7-19(14-17)27-23(29)20-8-3-4-9-21(20)24(27)30/h3-14H,2,15H2,1H3,(H,26,28). The summed E-state index contributed by atoms with van der Waals surface area (Å²) in [6, 6.07) is 19.9. The number of nitrogens with one attached hydrogen (secondary N) is 1. The minimum atomic E-state index is -0.736. The monoisotopic (exact) mass is 428 g/mol. The van der Waals surface area contributed by atoms with Gasteiger partial charge in [-0.1, -0.05) is 37.3 Å². The molecule has 0 spiro atoms. The van der Waals surface area contributed by atoms with Crippen molar-refractivity contribution in [1.82, 2.24) is 0 Å². The van der Waals surface area contributed by atoms with E-state index in [0.717, 1.165) is 16.9 Å². The van der Waals surface area contributed by atoms with Crippen LogP contribution in [0.2, 0.25) is 0 Å². The van der Waals surface area contributed by atoms with Gasteiger partial charge in [-0.15, -0.1) is 0 Å². The minimum absolute atomic E-state index is 0.124. The maximum Gasteiger partial charge on any atom is 0.338 e. The van der Waals surface area contributed by atoms with E-state index in [4.69, 9.17) is 4.74 Å². The Kier molecular flexibility index (Phi) is 5.81. The number of benzene rings is 3. The van der Waals surface area contributed by atoms with Crippen LogP contribution in [0.3, 0.4) is 0 Å². The summed E-state index contributed by atoms with van der Waals surface area (Å²) in [5.41, 5.74) is 2.76. The van der Waals surface area contributed by atoms with Crippen molar-refractivity contribution in [1.29, 1.82) is 0 Å². The van der Waals surface area contributed by atoms with Crippen molar-refractivity contribution >= 4 is 35.1 Å². The zero-order valence-corrected chi connectivity index (χ0v) is 17.3. The Balaban J connectivity index is 1.41. The number of carbonyl (C=O) groups is 4. The van der Waals surface area contributed by atoms with E-state index in [-0.39, 0.29) is 11.3 Å². The number of imide groups is 1. The van der Waals surface area contributed by atoms with Gasteiger partial charge in [-0.3, -0.25) is 14.4 Å². The zero-order chi connectivity index (χ0) is 22.7. The summed E-state index contributed by atoms with van der Waals surface area (Å²) in [6.45, 7) is 1.57. The summed E-state index contributed by atoms with van der Waals surface area (Å²) in [4.78, 5) is 50.9. The van der Waals surface area contributed by atoms with Crippen molar-refractivity contribution in [3.8, 4) is 0 Å². The Morgan fingerprint density at radius 3 is 2.16 bits per heavy atom. The van der Waals surface area contributed by atoms with E-state index in [2.05, 4.69) is 5.32 Å². The van der Waals surface area contributed by atoms with Crippen molar-refractivity contribution in [3.05, 3.63) is 95.1 Å². The van der Waals surface area contributed by atoms with Gasteiger partial charge in [0.1, 0.15) is 0 Å². The Labute approximate surface area is 184 Å². The van der Waals surface area contributed by atoms with Crippen LogP contribution in [0, 0.1) is 0 Å². The molecule has 7 heteroatoms. The van der Waals surface area contributed by atoms with Crippen LogP contribution >= 0.6 is 0 Å². The first-order valence-corrected chi connectivity index (χ1v) is 10.1. The van der Waals surface area contributed by atoms with Crippen molar-refractivity contribution in [2.75, 3.05) is 16.8 Å². The molecule has 0 aliphatic carbocycles. The van der Waals surface area contributed by atoms with Crippen LogP contribution in [-0.2, 0) is 16.0 Å². The quantitative estimate of drug-likeness (QED) is 0.476. The van der Waals surface area contributed by atoms with Gasteiger partial charge in [0.2, 0.25) is 0 Å². The minimum Gasteiger partial charge on any atom is -0.452 e. The average Bonchev–Trinajstić information content (AvgIpc) is 3.08. The van der Waals surface area contributed by atoms with Gasteiger partial charge in [-0.2, -0.15) is 0 Å². The van der Waals surface area contributed by atoms with Gasteiger partial charge in [-0.05, 0) is 54.4 Å². The Bertz CT molecular complexity index is 1180. The molecule has 0 radical (unpaired) electrons. The number of esters is 1. The number of rotatable bonds is 6. The molecule has 3 amide bonds. The first-order valence-electron chi connectivity index (χ1n) is 10.1. The molecule has 0 saturated carbocycles. The Hall–Kier alpha value is -4.26. The number of carbonyl (C=O) groups excluding carboxylic acids is 4. The van der Waals surface area contributed by atoms with E-state index in [9.17, 15) is 19.2 Å². The molecule has 4 rings (SSSR count). The van der Waals surface area contributed by atoms with Crippen LogP contribution < -0.4 is 10.2 Å². The van der Waals surface area contributed by atoms with E-state index >= 15 is 0 Å². The van der Waals surface area contributed by atoms with E-state index in [1.807, 2.05) is 19.1 Å². The third kappa shape index (κ3) is 4.13. The number of aryl methyl sites for hydroxylation is 1. The molecule has 0 fully saturated rings. The number of fused-ring (bicyclic) bond motifs is 1. The lowest BCUT2D eigenvalue weighted by Crippen LogP contribution is -2.29. The van der Waals surface area contributed by atoms with Crippen LogP contribution in [0.5, 0.6) is 0 Å². The second-order valence-electron chi connectivity index (χ2n) is 7.22. The van der Waals surface area contributed by atoms with Gasteiger partial charge < -0.3 is 10.1 Å². The van der Waals surface area contributed by atoms with Crippen molar-refractivity contribution in [2.45, 2.75) is 13.3 Å². The van der Waals surface area contributed by atoms with Crippen LogP contribution in [0.25, 0.3) is 0 Å². The fourth-order valence-electron chi connectivity index (χ4n) is 3.43. The molecule has 32 heavy (non-hydrogen) atoms. The Morgan fingerprint density at radius 1 is 0.875 bits per heavy atom. The Morgan fingerprint density at radius 2 is 1.53 bits per heavy atom. The van der Waals surface area contributed by atoms with Crippen molar-refractivity contribution in [2.24, 2.45) is 0 Å². The lowest BCUT2D eigenvalue weighted by Gasteiger charge is -2.15. The van der Waals surface area contributed by atoms with Gasteiger partial charge in [0.15, 0.2) is 6.61 Å². The maximum atomic E-state index is 12.7. The zero-order valence-electron chi connectivity index (χ0n) is 17.3. The molecule has 160 valence electrons. The summed E-state index contributed by atoms with van der Waals surface area (Å²) in [6.07, 6.45) is 0.894. The molecule has 1 heterocycles. The van der Waals surface area contributed by atoms with Gasteiger partial charge in [0.25, 0.3) is 17.7 Å². The highest BCUT2D eigenvalue weighted by Gasteiger charge is 2.36. The largest absolute Gasteiger partial charge is 0.452 e. The number of amides is 3. The molecule has 7 nitrogen and oxygen atoms in total. The van der Waals surface area contributed by atoms with Crippen molar-refractivity contribution in [3.63, 3.8) is 0 Å². The molecule has 1 aliphatic heterocycles. The van der Waals surface area contributed by atoms with E-state index < -0.39 is 30.3 Å². The summed E-state index contributed by atoms with van der Waals surface area (Å²) in [5.74, 6) is -2.12. The predicted molar refractivity (Wildman–Crippen MR) is 119 cm³/mol. The average molecular weight is 428 g/mol. The molecule has 0 unspecified atom stereocenters. The summed E-state index contributed by atoms with van der Waals surface area (Å²) in [5, 5.41) is 2.66. The molecule has 1 N–H and O–H groups in total. The highest BCUT2D eigenvalue weighted by atomic mass is 16.5. The maximum absolute atomic E-state index is 12.7. The molecule has 3 aromatic rings. The molecule has 3 aromatic carbocycles. The second-order valence-corrected chi connectivity index (χ2v) is 7.22. The van der Waals surface area contributed by atoms with Crippen LogP contribution in [-0.4, -0.2) is 30.3 Å². The fourth-order valence-corrected chi connectivity index (χ4v) is 3.43. The lowest BCUT2D eigenvalue weighted by molar-refractivity contribution is -0.119. The highest BCUT2D eigenvalue weighted by molar-refractivity contribution is 6.34. The summed E-state index contributed by atoms with van der Waals surface area (Å²) in [7, 11) is 0. The predicted octanol–water partition coefficient (Wildman–Crippen LogP) is 3.85. The number of anilines is 2. The number of ether oxygens (including phenoxy) is 1. The fraction of sp³-hybridized carbons (Fsp3) is 0.120. The van der Waals surface area contributed by atoms with Gasteiger partial charge in [0.05, 0.1) is 22.4 Å². The molecule has 0 atom stereocenters. The smallest absolute Gasteiger partial charge is 0.338 e. The molecule has 0 aromatic heterocycles. The van der Waals surface area contributed by atoms with Crippen molar-refractivity contribution < 1.29 is 23.9 Å².